The van der Waals surface area contributed by atoms with Crippen LogP contribution in [-0.4, -0.2) is 24.9 Å². The van der Waals surface area contributed by atoms with Gasteiger partial charge in [0.25, 0.3) is 0 Å². The molecule has 0 spiro atoms. The van der Waals surface area contributed by atoms with Gasteiger partial charge in [-0.15, -0.1) is 0 Å². The lowest BCUT2D eigenvalue weighted by molar-refractivity contribution is -0.144. The number of hydrogen-bond donors (Lipinski definition) is 2. The third-order valence-corrected chi connectivity index (χ3v) is 3.95. The number of hydrazine groups is 1. The van der Waals surface area contributed by atoms with E-state index >= 15 is 0 Å². The van der Waals surface area contributed by atoms with Gasteiger partial charge in [0.15, 0.2) is 0 Å². The van der Waals surface area contributed by atoms with Crippen LogP contribution in [0.2, 0.25) is 0 Å². The molecule has 6 heteroatoms. The molecule has 0 aliphatic heterocycles. The highest BCUT2D eigenvalue weighted by atomic mass is 19.4. The average molecular weight is 268 g/mol. The molecule has 1 rings (SSSR count). The Bertz CT molecular complexity index is 260. The number of ether oxygens (including phenoxy) is 1. The summed E-state index contributed by atoms with van der Waals surface area (Å²) < 4.78 is 42.5. The van der Waals surface area contributed by atoms with E-state index in [-0.39, 0.29) is 6.42 Å². The number of hydrogen-bond acceptors (Lipinski definition) is 3. The molecular formula is C12H23F3N2O. The van der Waals surface area contributed by atoms with Crippen molar-refractivity contribution in [2.24, 2.45) is 11.8 Å². The van der Waals surface area contributed by atoms with Crippen molar-refractivity contribution in [3.8, 4) is 0 Å². The number of halogens is 3. The first-order valence-corrected chi connectivity index (χ1v) is 6.41. The molecule has 1 fully saturated rings. The van der Waals surface area contributed by atoms with E-state index < -0.39 is 24.2 Å². The second-order valence-electron chi connectivity index (χ2n) is 5.34. The summed E-state index contributed by atoms with van der Waals surface area (Å²) in [4.78, 5) is 0. The molecule has 3 atom stereocenters. The van der Waals surface area contributed by atoms with Crippen LogP contribution in [0.4, 0.5) is 13.2 Å². The maximum atomic E-state index is 12.3. The summed E-state index contributed by atoms with van der Waals surface area (Å²) in [5, 5.41) is 0. The fourth-order valence-corrected chi connectivity index (χ4v) is 2.99. The molecule has 1 saturated carbocycles. The largest absolute Gasteiger partial charge is 0.389 e. The second-order valence-corrected chi connectivity index (χ2v) is 5.34. The lowest BCUT2D eigenvalue weighted by Gasteiger charge is -2.44. The van der Waals surface area contributed by atoms with Crippen LogP contribution in [0.5, 0.6) is 0 Å². The SMILES string of the molecule is COC1(C(CCC(F)(F)F)NN)CCCC(C)C1. The Morgan fingerprint density at radius 3 is 2.61 bits per heavy atom. The Hall–Kier alpha value is -0.330. The molecule has 0 heterocycles. The molecule has 1 aliphatic rings. The summed E-state index contributed by atoms with van der Waals surface area (Å²) in [5.41, 5.74) is 1.97. The van der Waals surface area contributed by atoms with Crippen molar-refractivity contribution in [1.29, 1.82) is 0 Å². The smallest absolute Gasteiger partial charge is 0.377 e. The number of methoxy groups -OCH3 is 1. The number of rotatable bonds is 5. The lowest BCUT2D eigenvalue weighted by atomic mass is 9.73. The van der Waals surface area contributed by atoms with Crippen LogP contribution >= 0.6 is 0 Å². The molecule has 3 unspecified atom stereocenters. The van der Waals surface area contributed by atoms with Crippen LogP contribution in [0.3, 0.4) is 0 Å². The van der Waals surface area contributed by atoms with Gasteiger partial charge in [0, 0.05) is 13.5 Å². The van der Waals surface area contributed by atoms with Gasteiger partial charge in [-0.3, -0.25) is 11.3 Å². The quantitative estimate of drug-likeness (QED) is 0.595. The lowest BCUT2D eigenvalue weighted by Crippen LogP contribution is -2.56. The van der Waals surface area contributed by atoms with Gasteiger partial charge in [-0.2, -0.15) is 13.2 Å². The Morgan fingerprint density at radius 1 is 1.50 bits per heavy atom. The van der Waals surface area contributed by atoms with Crippen molar-refractivity contribution in [1.82, 2.24) is 5.43 Å². The van der Waals surface area contributed by atoms with Gasteiger partial charge in [0.2, 0.25) is 0 Å². The fourth-order valence-electron chi connectivity index (χ4n) is 2.99. The highest BCUT2D eigenvalue weighted by molar-refractivity contribution is 4.96. The molecule has 3 nitrogen and oxygen atoms in total. The Kier molecular flexibility index (Phi) is 5.43. The molecule has 0 aromatic heterocycles. The second kappa shape index (κ2) is 6.21. The fraction of sp³-hybridized carbons (Fsp3) is 1.00. The highest BCUT2D eigenvalue weighted by Gasteiger charge is 2.43. The van der Waals surface area contributed by atoms with Crippen LogP contribution in [0.25, 0.3) is 0 Å². The zero-order chi connectivity index (χ0) is 13.8. The zero-order valence-electron chi connectivity index (χ0n) is 11.0. The molecule has 1 aliphatic carbocycles. The molecule has 108 valence electrons. The van der Waals surface area contributed by atoms with E-state index in [2.05, 4.69) is 12.3 Å². The summed E-state index contributed by atoms with van der Waals surface area (Å²) in [6.07, 6.45) is -1.43. The van der Waals surface area contributed by atoms with Crippen molar-refractivity contribution in [3.63, 3.8) is 0 Å². The minimum absolute atomic E-state index is 0.0411. The average Bonchev–Trinajstić information content (AvgIpc) is 2.28. The first kappa shape index (κ1) is 15.7. The van der Waals surface area contributed by atoms with E-state index in [4.69, 9.17) is 10.6 Å². The van der Waals surface area contributed by atoms with E-state index in [1.165, 1.54) is 0 Å². The number of nitrogens with one attached hydrogen (secondary N) is 1. The Balaban J connectivity index is 2.70. The van der Waals surface area contributed by atoms with Gasteiger partial charge in [0.1, 0.15) is 0 Å². The molecule has 0 aromatic carbocycles. The monoisotopic (exact) mass is 268 g/mol. The first-order chi connectivity index (χ1) is 8.33. The van der Waals surface area contributed by atoms with Crippen LogP contribution in [0.15, 0.2) is 0 Å². The van der Waals surface area contributed by atoms with E-state index in [1.807, 2.05) is 0 Å². The van der Waals surface area contributed by atoms with Crippen molar-refractivity contribution >= 4 is 0 Å². The maximum absolute atomic E-state index is 12.3. The topological polar surface area (TPSA) is 47.3 Å². The molecule has 18 heavy (non-hydrogen) atoms. The standard InChI is InChI=1S/C12H23F3N2O/c1-9-4-3-6-11(8-9,18-2)10(17-16)5-7-12(13,14)15/h9-10,17H,3-8,16H2,1-2H3. The van der Waals surface area contributed by atoms with Crippen LogP contribution in [0, 0.1) is 5.92 Å². The molecule has 0 amide bonds. The van der Waals surface area contributed by atoms with E-state index in [1.54, 1.807) is 7.11 Å². The van der Waals surface area contributed by atoms with Crippen LogP contribution < -0.4 is 11.3 Å². The van der Waals surface area contributed by atoms with Gasteiger partial charge >= 0.3 is 6.18 Å². The maximum Gasteiger partial charge on any atom is 0.389 e. The summed E-state index contributed by atoms with van der Waals surface area (Å²) in [7, 11) is 1.57. The van der Waals surface area contributed by atoms with Crippen molar-refractivity contribution in [2.75, 3.05) is 7.11 Å². The zero-order valence-corrected chi connectivity index (χ0v) is 11.0. The third kappa shape index (κ3) is 4.10. The predicted octanol–water partition coefficient (Wildman–Crippen LogP) is 2.76. The summed E-state index contributed by atoms with van der Waals surface area (Å²) in [5.74, 6) is 5.90. The predicted molar refractivity (Wildman–Crippen MR) is 63.8 cm³/mol. The molecule has 3 N–H and O–H groups in total. The number of alkyl halides is 3. The van der Waals surface area contributed by atoms with Crippen LogP contribution in [-0.2, 0) is 4.74 Å². The summed E-state index contributed by atoms with van der Waals surface area (Å²) in [6, 6.07) is -0.452. The molecule has 0 aromatic rings. The summed E-state index contributed by atoms with van der Waals surface area (Å²) in [6.45, 7) is 2.10. The van der Waals surface area contributed by atoms with E-state index in [0.717, 1.165) is 25.7 Å². The highest BCUT2D eigenvalue weighted by Crippen LogP contribution is 2.39. The van der Waals surface area contributed by atoms with Gasteiger partial charge in [-0.05, 0) is 25.2 Å². The Labute approximate surface area is 106 Å². The van der Waals surface area contributed by atoms with Crippen molar-refractivity contribution < 1.29 is 17.9 Å². The van der Waals surface area contributed by atoms with Crippen LogP contribution in [0.1, 0.15) is 45.4 Å². The summed E-state index contributed by atoms with van der Waals surface area (Å²) >= 11 is 0. The minimum Gasteiger partial charge on any atom is -0.377 e. The normalized spacial score (nSPS) is 31.3. The number of nitrogens with two attached hydrogens (primary N) is 1. The van der Waals surface area contributed by atoms with Gasteiger partial charge in [-0.1, -0.05) is 19.8 Å². The van der Waals surface area contributed by atoms with Gasteiger partial charge in [-0.25, -0.2) is 0 Å². The molecular weight excluding hydrogens is 245 g/mol. The molecule has 0 bridgehead atoms. The molecule has 0 saturated heterocycles. The van der Waals surface area contributed by atoms with E-state index in [9.17, 15) is 13.2 Å². The third-order valence-electron chi connectivity index (χ3n) is 3.95. The Morgan fingerprint density at radius 2 is 2.17 bits per heavy atom. The minimum atomic E-state index is -4.15. The van der Waals surface area contributed by atoms with Crippen molar-refractivity contribution in [2.45, 2.75) is 63.3 Å². The first-order valence-electron chi connectivity index (χ1n) is 6.41. The molecule has 0 radical (unpaired) electrons. The van der Waals surface area contributed by atoms with Gasteiger partial charge < -0.3 is 4.74 Å². The van der Waals surface area contributed by atoms with Crippen molar-refractivity contribution in [3.05, 3.63) is 0 Å². The van der Waals surface area contributed by atoms with E-state index in [0.29, 0.717) is 5.92 Å². The van der Waals surface area contributed by atoms with Gasteiger partial charge in [0.05, 0.1) is 11.6 Å².